The molecule has 0 bridgehead atoms. The van der Waals surface area contributed by atoms with Crippen LogP contribution in [-0.4, -0.2) is 21.6 Å². The Bertz CT molecular complexity index is 1090. The summed E-state index contributed by atoms with van der Waals surface area (Å²) in [6.07, 6.45) is 1.93. The Hall–Kier alpha value is -2.99. The second-order valence-electron chi connectivity index (χ2n) is 5.72. The molecule has 26 heavy (non-hydrogen) atoms. The van der Waals surface area contributed by atoms with Crippen molar-refractivity contribution in [2.45, 2.75) is 0 Å². The lowest BCUT2D eigenvalue weighted by atomic mass is 10.1. The molecule has 0 aliphatic heterocycles. The van der Waals surface area contributed by atoms with Gasteiger partial charge in [0.15, 0.2) is 0 Å². The summed E-state index contributed by atoms with van der Waals surface area (Å²) in [7, 11) is 1.63. The van der Waals surface area contributed by atoms with Crippen LogP contribution in [0, 0.1) is 0 Å². The molecule has 130 valence electrons. The number of imidazole rings is 1. The fraction of sp³-hybridized carbons (Fsp3) is 0.0500. The fourth-order valence-corrected chi connectivity index (χ4v) is 3.24. The third kappa shape index (κ3) is 2.88. The number of fused-ring (bicyclic) bond motifs is 1. The van der Waals surface area contributed by atoms with Crippen LogP contribution in [0.15, 0.2) is 71.3 Å². The van der Waals surface area contributed by atoms with Crippen molar-refractivity contribution in [3.05, 3.63) is 71.3 Å². The molecule has 0 amide bonds. The molecule has 0 fully saturated rings. The van der Waals surface area contributed by atoms with E-state index in [4.69, 9.17) is 9.72 Å². The number of rotatable bonds is 4. The van der Waals surface area contributed by atoms with E-state index in [9.17, 15) is 5.11 Å². The van der Waals surface area contributed by atoms with E-state index in [1.165, 1.54) is 0 Å². The van der Waals surface area contributed by atoms with Crippen molar-refractivity contribution in [3.8, 4) is 22.8 Å². The van der Waals surface area contributed by atoms with E-state index in [1.807, 2.05) is 59.1 Å². The predicted molar refractivity (Wildman–Crippen MR) is 106 cm³/mol. The van der Waals surface area contributed by atoms with Crippen LogP contribution >= 0.6 is 15.9 Å². The van der Waals surface area contributed by atoms with Crippen LogP contribution in [0.4, 0.5) is 11.5 Å². The summed E-state index contributed by atoms with van der Waals surface area (Å²) in [6.45, 7) is 0. The van der Waals surface area contributed by atoms with E-state index in [2.05, 4.69) is 21.2 Å². The number of halogens is 1. The van der Waals surface area contributed by atoms with Crippen LogP contribution in [0.1, 0.15) is 0 Å². The number of para-hydroxylation sites is 2. The van der Waals surface area contributed by atoms with Gasteiger partial charge in [0.1, 0.15) is 28.7 Å². The van der Waals surface area contributed by atoms with Gasteiger partial charge in [-0.15, -0.1) is 0 Å². The van der Waals surface area contributed by atoms with Crippen molar-refractivity contribution in [2.75, 3.05) is 12.4 Å². The summed E-state index contributed by atoms with van der Waals surface area (Å²) in [4.78, 5) is 4.72. The molecular formula is C20H16BrN3O2. The Balaban J connectivity index is 1.94. The predicted octanol–water partition coefficient (Wildman–Crippen LogP) is 5.22. The highest BCUT2D eigenvalue weighted by Gasteiger charge is 2.18. The highest BCUT2D eigenvalue weighted by atomic mass is 79.9. The third-order valence-corrected chi connectivity index (χ3v) is 4.60. The Morgan fingerprint density at radius 1 is 1.08 bits per heavy atom. The average Bonchev–Trinajstić information content (AvgIpc) is 3.02. The summed E-state index contributed by atoms with van der Waals surface area (Å²) >= 11 is 3.47. The molecule has 0 aliphatic carbocycles. The minimum absolute atomic E-state index is 0.166. The van der Waals surface area contributed by atoms with Crippen LogP contribution in [0.2, 0.25) is 0 Å². The molecule has 0 atom stereocenters. The number of phenols is 1. The van der Waals surface area contributed by atoms with Gasteiger partial charge >= 0.3 is 0 Å². The zero-order valence-electron chi connectivity index (χ0n) is 14.0. The lowest BCUT2D eigenvalue weighted by Gasteiger charge is -2.13. The largest absolute Gasteiger partial charge is 0.507 e. The number of hydrogen-bond acceptors (Lipinski definition) is 4. The molecular weight excluding hydrogens is 394 g/mol. The first-order chi connectivity index (χ1) is 12.7. The van der Waals surface area contributed by atoms with Gasteiger partial charge in [0.25, 0.3) is 0 Å². The third-order valence-electron chi connectivity index (χ3n) is 4.10. The lowest BCUT2D eigenvalue weighted by Crippen LogP contribution is -1.99. The van der Waals surface area contributed by atoms with E-state index in [1.54, 1.807) is 19.2 Å². The number of nitrogens with one attached hydrogen (secondary N) is 1. The van der Waals surface area contributed by atoms with Crippen molar-refractivity contribution in [1.82, 2.24) is 9.38 Å². The minimum atomic E-state index is 0.166. The van der Waals surface area contributed by atoms with Crippen molar-refractivity contribution < 1.29 is 9.84 Å². The molecule has 0 spiro atoms. The smallest absolute Gasteiger partial charge is 0.143 e. The molecule has 2 N–H and O–H groups in total. The molecule has 2 aromatic carbocycles. The Morgan fingerprint density at radius 2 is 1.88 bits per heavy atom. The van der Waals surface area contributed by atoms with Gasteiger partial charge in [-0.25, -0.2) is 4.98 Å². The van der Waals surface area contributed by atoms with Gasteiger partial charge in [0.2, 0.25) is 0 Å². The molecule has 0 aliphatic rings. The van der Waals surface area contributed by atoms with Gasteiger partial charge in [0, 0.05) is 16.2 Å². The number of anilines is 2. The van der Waals surface area contributed by atoms with Gasteiger partial charge in [-0.2, -0.15) is 0 Å². The van der Waals surface area contributed by atoms with Gasteiger partial charge in [-0.05, 0) is 42.5 Å². The Morgan fingerprint density at radius 3 is 2.73 bits per heavy atom. The maximum Gasteiger partial charge on any atom is 0.143 e. The van der Waals surface area contributed by atoms with Crippen LogP contribution in [0.5, 0.6) is 11.5 Å². The minimum Gasteiger partial charge on any atom is -0.507 e. The first kappa shape index (κ1) is 16.5. The maximum atomic E-state index is 10.4. The van der Waals surface area contributed by atoms with E-state index in [0.717, 1.165) is 27.4 Å². The molecule has 0 unspecified atom stereocenters. The highest BCUT2D eigenvalue weighted by molar-refractivity contribution is 9.10. The number of pyridine rings is 1. The maximum absolute atomic E-state index is 10.4. The summed E-state index contributed by atoms with van der Waals surface area (Å²) in [5, 5.41) is 13.8. The van der Waals surface area contributed by atoms with Gasteiger partial charge < -0.3 is 15.2 Å². The molecule has 5 nitrogen and oxygen atoms in total. The lowest BCUT2D eigenvalue weighted by molar-refractivity contribution is 0.417. The van der Waals surface area contributed by atoms with E-state index < -0.39 is 0 Å². The van der Waals surface area contributed by atoms with Gasteiger partial charge in [0.05, 0.1) is 12.8 Å². The quantitative estimate of drug-likeness (QED) is 0.484. The number of aromatic nitrogens is 2. The van der Waals surface area contributed by atoms with E-state index in [0.29, 0.717) is 11.3 Å². The molecule has 4 rings (SSSR count). The first-order valence-electron chi connectivity index (χ1n) is 8.03. The molecule has 2 aromatic heterocycles. The Labute approximate surface area is 159 Å². The monoisotopic (exact) mass is 409 g/mol. The van der Waals surface area contributed by atoms with Crippen molar-refractivity contribution in [3.63, 3.8) is 0 Å². The molecule has 0 saturated heterocycles. The summed E-state index contributed by atoms with van der Waals surface area (Å²) in [5.74, 6) is 1.64. The second kappa shape index (κ2) is 6.72. The van der Waals surface area contributed by atoms with Crippen molar-refractivity contribution in [1.29, 1.82) is 0 Å². The van der Waals surface area contributed by atoms with Crippen LogP contribution < -0.4 is 10.1 Å². The van der Waals surface area contributed by atoms with Crippen LogP contribution in [0.3, 0.4) is 0 Å². The standard InChI is InChI=1S/C20H16BrN3O2/c1-26-17-7-3-2-6-15(17)22-20-19(14-12-13(21)9-10-16(14)25)23-18-8-4-5-11-24(18)20/h2-12,22,25H,1H3. The van der Waals surface area contributed by atoms with E-state index in [-0.39, 0.29) is 5.75 Å². The van der Waals surface area contributed by atoms with Crippen LogP contribution in [0.25, 0.3) is 16.9 Å². The summed E-state index contributed by atoms with van der Waals surface area (Å²) in [6, 6.07) is 18.8. The summed E-state index contributed by atoms with van der Waals surface area (Å²) in [5.41, 5.74) is 2.89. The van der Waals surface area contributed by atoms with Gasteiger partial charge in [-0.3, -0.25) is 4.40 Å². The highest BCUT2D eigenvalue weighted by Crippen LogP contribution is 2.38. The molecule has 0 saturated carbocycles. The zero-order valence-corrected chi connectivity index (χ0v) is 15.6. The molecule has 2 heterocycles. The van der Waals surface area contributed by atoms with E-state index >= 15 is 0 Å². The average molecular weight is 410 g/mol. The second-order valence-corrected chi connectivity index (χ2v) is 6.64. The SMILES string of the molecule is COc1ccccc1Nc1c(-c2cc(Br)ccc2O)nc2ccccn12. The number of ether oxygens (including phenoxy) is 1. The number of hydrogen-bond donors (Lipinski definition) is 2. The first-order valence-corrected chi connectivity index (χ1v) is 8.82. The van der Waals surface area contributed by atoms with Crippen LogP contribution in [-0.2, 0) is 0 Å². The summed E-state index contributed by atoms with van der Waals surface area (Å²) < 4.78 is 8.26. The molecule has 4 aromatic rings. The Kier molecular flexibility index (Phi) is 4.26. The number of methoxy groups -OCH3 is 1. The van der Waals surface area contributed by atoms with Crippen molar-refractivity contribution in [2.24, 2.45) is 0 Å². The topological polar surface area (TPSA) is 58.8 Å². The normalized spacial score (nSPS) is 10.8. The van der Waals surface area contributed by atoms with Crippen molar-refractivity contribution >= 4 is 33.1 Å². The molecule has 6 heteroatoms. The number of benzene rings is 2. The van der Waals surface area contributed by atoms with Gasteiger partial charge in [-0.1, -0.05) is 34.1 Å². The fourth-order valence-electron chi connectivity index (χ4n) is 2.88. The zero-order chi connectivity index (χ0) is 18.1. The number of aromatic hydroxyl groups is 1. The molecule has 0 radical (unpaired) electrons. The number of nitrogens with zero attached hydrogens (tertiary/aromatic N) is 2. The number of phenolic OH excluding ortho intramolecular Hbond substituents is 1.